The van der Waals surface area contributed by atoms with Gasteiger partial charge < -0.3 is 19.8 Å². The third kappa shape index (κ3) is 29.2. The van der Waals surface area contributed by atoms with Crippen LogP contribution in [0.2, 0.25) is 0 Å². The van der Waals surface area contributed by atoms with Crippen LogP contribution in [0.15, 0.2) is 36.5 Å². The van der Waals surface area contributed by atoms with Crippen molar-refractivity contribution in [3.63, 3.8) is 0 Å². The predicted octanol–water partition coefficient (Wildman–Crippen LogP) is 8.01. The van der Waals surface area contributed by atoms with E-state index in [9.17, 15) is 19.4 Å². The van der Waals surface area contributed by atoms with Gasteiger partial charge in [-0.25, -0.2) is 4.57 Å². The Labute approximate surface area is 264 Å². The van der Waals surface area contributed by atoms with Crippen LogP contribution in [0.3, 0.4) is 0 Å². The fourth-order valence-corrected chi connectivity index (χ4v) is 5.05. The number of carbonyl (C=O) groups is 1. The van der Waals surface area contributed by atoms with E-state index in [1.165, 1.54) is 51.4 Å². The van der Waals surface area contributed by atoms with Gasteiger partial charge in [0.25, 0.3) is 0 Å². The number of likely N-dealkylation sites (N-methyl/N-ethyl adjacent to an activating group) is 1. The molecule has 0 spiro atoms. The monoisotopic (exact) mass is 629 g/mol. The molecule has 0 rings (SSSR count). The molecular formula is C34H66N2O6P+. The van der Waals surface area contributed by atoms with Crippen molar-refractivity contribution in [2.45, 2.75) is 135 Å². The van der Waals surface area contributed by atoms with E-state index in [1.807, 2.05) is 27.2 Å². The van der Waals surface area contributed by atoms with E-state index in [0.717, 1.165) is 51.4 Å². The molecule has 0 fully saturated rings. The van der Waals surface area contributed by atoms with Gasteiger partial charge in [0.1, 0.15) is 13.2 Å². The fourth-order valence-electron chi connectivity index (χ4n) is 4.31. The summed E-state index contributed by atoms with van der Waals surface area (Å²) in [5.74, 6) is -0.199. The number of carbonyl (C=O) groups excluding carboxylic acids is 1. The first kappa shape index (κ1) is 41.7. The zero-order chi connectivity index (χ0) is 32.2. The topological polar surface area (TPSA) is 105 Å². The molecule has 9 heteroatoms. The normalized spacial score (nSPS) is 15.4. The Morgan fingerprint density at radius 1 is 0.767 bits per heavy atom. The molecule has 0 saturated heterocycles. The fraction of sp³-hybridized carbons (Fsp3) is 0.794. The van der Waals surface area contributed by atoms with Crippen molar-refractivity contribution in [2.24, 2.45) is 0 Å². The number of aliphatic hydroxyl groups excluding tert-OH is 1. The van der Waals surface area contributed by atoms with E-state index in [2.05, 4.69) is 43.5 Å². The summed E-state index contributed by atoms with van der Waals surface area (Å²) < 4.78 is 23.3. The van der Waals surface area contributed by atoms with Gasteiger partial charge in [-0.2, -0.15) is 0 Å². The molecule has 8 nitrogen and oxygen atoms in total. The van der Waals surface area contributed by atoms with E-state index in [-0.39, 0.29) is 19.1 Å². The third-order valence-corrected chi connectivity index (χ3v) is 8.06. The van der Waals surface area contributed by atoms with Crippen molar-refractivity contribution in [2.75, 3.05) is 40.9 Å². The molecule has 0 saturated carbocycles. The number of rotatable bonds is 29. The van der Waals surface area contributed by atoms with Gasteiger partial charge in [-0.3, -0.25) is 13.8 Å². The number of unbranched alkanes of at least 4 members (excludes halogenated alkanes) is 12. The number of allylic oxidation sites excluding steroid dienone is 5. The second kappa shape index (κ2) is 27.1. The lowest BCUT2D eigenvalue weighted by atomic mass is 10.1. The summed E-state index contributed by atoms with van der Waals surface area (Å²) in [4.78, 5) is 22.8. The van der Waals surface area contributed by atoms with Crippen molar-refractivity contribution >= 4 is 13.7 Å². The maximum Gasteiger partial charge on any atom is 0.472 e. The van der Waals surface area contributed by atoms with E-state index in [0.29, 0.717) is 17.4 Å². The van der Waals surface area contributed by atoms with Crippen LogP contribution in [-0.2, 0) is 18.4 Å². The van der Waals surface area contributed by atoms with Crippen LogP contribution in [0.4, 0.5) is 0 Å². The van der Waals surface area contributed by atoms with Gasteiger partial charge in [0.2, 0.25) is 5.91 Å². The zero-order valence-corrected chi connectivity index (χ0v) is 29.1. The average Bonchev–Trinajstić information content (AvgIpc) is 2.94. The van der Waals surface area contributed by atoms with Crippen molar-refractivity contribution in [1.29, 1.82) is 0 Å². The van der Waals surface area contributed by atoms with Crippen LogP contribution in [0, 0.1) is 0 Å². The molecule has 0 heterocycles. The van der Waals surface area contributed by atoms with Gasteiger partial charge in [0, 0.05) is 6.42 Å². The van der Waals surface area contributed by atoms with E-state index in [1.54, 1.807) is 6.08 Å². The summed E-state index contributed by atoms with van der Waals surface area (Å²) in [5, 5.41) is 13.6. The number of nitrogens with zero attached hydrogens (tertiary/aromatic N) is 1. The molecule has 0 aromatic heterocycles. The number of hydrogen-bond donors (Lipinski definition) is 3. The van der Waals surface area contributed by atoms with Gasteiger partial charge in [0.05, 0.1) is 39.9 Å². The minimum atomic E-state index is -4.33. The van der Waals surface area contributed by atoms with Crippen LogP contribution >= 0.6 is 7.82 Å². The smallest absolute Gasteiger partial charge is 0.387 e. The maximum atomic E-state index is 12.7. The molecule has 0 aliphatic carbocycles. The summed E-state index contributed by atoms with van der Waals surface area (Å²) in [6.45, 7) is 4.65. The molecule has 1 amide bonds. The lowest BCUT2D eigenvalue weighted by molar-refractivity contribution is -0.870. The summed E-state index contributed by atoms with van der Waals surface area (Å²) >= 11 is 0. The van der Waals surface area contributed by atoms with Gasteiger partial charge >= 0.3 is 7.82 Å². The SMILES string of the molecule is CCC/C=C/CC/C=C/CC/C=C/C(O)C(COP(=O)(O)OCC[N+](C)(C)C)NC(=O)CCCCCCCCCCCC. The van der Waals surface area contributed by atoms with Crippen LogP contribution in [-0.4, -0.2) is 73.4 Å². The first-order valence-corrected chi connectivity index (χ1v) is 18.4. The molecule has 0 aromatic carbocycles. The molecule has 0 aromatic rings. The van der Waals surface area contributed by atoms with Gasteiger partial charge in [0.15, 0.2) is 0 Å². The molecule has 0 bridgehead atoms. The number of phosphoric acid groups is 1. The first-order valence-electron chi connectivity index (χ1n) is 16.9. The Kier molecular flexibility index (Phi) is 26.3. The number of amides is 1. The highest BCUT2D eigenvalue weighted by molar-refractivity contribution is 7.47. The van der Waals surface area contributed by atoms with Crippen LogP contribution in [0.25, 0.3) is 0 Å². The molecular weight excluding hydrogens is 563 g/mol. The van der Waals surface area contributed by atoms with Crippen molar-refractivity contribution in [3.8, 4) is 0 Å². The Hall–Kier alpha value is -1.28. The van der Waals surface area contributed by atoms with Gasteiger partial charge in [-0.1, -0.05) is 115 Å². The van der Waals surface area contributed by atoms with Crippen molar-refractivity contribution < 1.29 is 32.9 Å². The number of aliphatic hydroxyl groups is 1. The Morgan fingerprint density at radius 2 is 1.28 bits per heavy atom. The Morgan fingerprint density at radius 3 is 1.81 bits per heavy atom. The molecule has 3 N–H and O–H groups in total. The highest BCUT2D eigenvalue weighted by Gasteiger charge is 2.27. The molecule has 0 radical (unpaired) electrons. The van der Waals surface area contributed by atoms with E-state index < -0.39 is 20.0 Å². The molecule has 3 atom stereocenters. The molecule has 252 valence electrons. The van der Waals surface area contributed by atoms with E-state index >= 15 is 0 Å². The quantitative estimate of drug-likeness (QED) is 0.0335. The number of nitrogens with one attached hydrogen (secondary N) is 1. The summed E-state index contributed by atoms with van der Waals surface area (Å²) in [7, 11) is 1.54. The summed E-state index contributed by atoms with van der Waals surface area (Å²) in [6.07, 6.45) is 29.3. The van der Waals surface area contributed by atoms with E-state index in [4.69, 9.17) is 9.05 Å². The number of hydrogen-bond acceptors (Lipinski definition) is 5. The largest absolute Gasteiger partial charge is 0.472 e. The molecule has 0 aliphatic heterocycles. The van der Waals surface area contributed by atoms with Crippen LogP contribution in [0.1, 0.15) is 123 Å². The second-order valence-electron chi connectivity index (χ2n) is 12.5. The Balaban J connectivity index is 4.71. The van der Waals surface area contributed by atoms with Gasteiger partial charge in [-0.15, -0.1) is 0 Å². The highest BCUT2D eigenvalue weighted by atomic mass is 31.2. The first-order chi connectivity index (χ1) is 20.5. The number of quaternary nitrogens is 1. The lowest BCUT2D eigenvalue weighted by Crippen LogP contribution is -2.45. The predicted molar refractivity (Wildman–Crippen MR) is 180 cm³/mol. The average molecular weight is 630 g/mol. The minimum Gasteiger partial charge on any atom is -0.387 e. The minimum absolute atomic E-state index is 0.0536. The molecule has 0 aliphatic rings. The third-order valence-electron chi connectivity index (χ3n) is 7.07. The molecule has 3 unspecified atom stereocenters. The second-order valence-corrected chi connectivity index (χ2v) is 14.0. The van der Waals surface area contributed by atoms with Gasteiger partial charge in [-0.05, 0) is 38.5 Å². The van der Waals surface area contributed by atoms with Crippen LogP contribution in [0.5, 0.6) is 0 Å². The molecule has 43 heavy (non-hydrogen) atoms. The Bertz CT molecular complexity index is 809. The standard InChI is InChI=1S/C34H65N2O6P/c1-6-8-10-12-14-16-18-19-21-23-25-27-33(37)32(31-42-43(39,40)41-30-29-36(3,4)5)35-34(38)28-26-24-22-20-17-15-13-11-9-7-2/h10,12,18-19,25,27,32-33,37H,6-9,11,13-17,20-24,26,28-31H2,1-5H3,(H-,35,38,39,40)/p+1/b12-10+,19-18+,27-25+. The maximum absolute atomic E-state index is 12.7. The van der Waals surface area contributed by atoms with Crippen molar-refractivity contribution in [3.05, 3.63) is 36.5 Å². The van der Waals surface area contributed by atoms with Crippen LogP contribution < -0.4 is 5.32 Å². The lowest BCUT2D eigenvalue weighted by Gasteiger charge is -2.25. The zero-order valence-electron chi connectivity index (χ0n) is 28.2. The van der Waals surface area contributed by atoms with Crippen molar-refractivity contribution in [1.82, 2.24) is 5.32 Å². The number of phosphoric ester groups is 1. The summed E-state index contributed by atoms with van der Waals surface area (Å²) in [5.41, 5.74) is 0. The summed E-state index contributed by atoms with van der Waals surface area (Å²) in [6, 6.07) is -0.861. The highest BCUT2D eigenvalue weighted by Crippen LogP contribution is 2.43.